The maximum Gasteiger partial charge on any atom is 0.254 e. The lowest BCUT2D eigenvalue weighted by atomic mass is 10.1. The first-order valence-electron chi connectivity index (χ1n) is 9.40. The molecule has 1 fully saturated rings. The van der Waals surface area contributed by atoms with Crippen LogP contribution in [-0.4, -0.2) is 48.0 Å². The molecule has 0 saturated carbocycles. The first-order chi connectivity index (χ1) is 12.6. The number of hydrogen-bond donors (Lipinski definition) is 1. The summed E-state index contributed by atoms with van der Waals surface area (Å²) < 4.78 is 0. The zero-order valence-corrected chi connectivity index (χ0v) is 15.9. The highest BCUT2D eigenvalue weighted by molar-refractivity contribution is 5.95. The summed E-state index contributed by atoms with van der Waals surface area (Å²) in [5.41, 5.74) is 3.20. The standard InChI is InChI=1S/C21H28N4O/c1-4-17(3)23-20-15-18(8-9-22-20)21(26)25-12-10-24(11-13-25)19-7-5-6-16(2)14-19/h5-9,14-15,17H,4,10-13H2,1-3H3,(H,22,23). The lowest BCUT2D eigenvalue weighted by Crippen LogP contribution is -2.48. The summed E-state index contributed by atoms with van der Waals surface area (Å²) in [6.45, 7) is 9.54. The predicted molar refractivity (Wildman–Crippen MR) is 107 cm³/mol. The van der Waals surface area contributed by atoms with Crippen molar-refractivity contribution in [2.45, 2.75) is 33.2 Å². The predicted octanol–water partition coefficient (Wildman–Crippen LogP) is 3.56. The smallest absolute Gasteiger partial charge is 0.254 e. The van der Waals surface area contributed by atoms with E-state index in [9.17, 15) is 4.79 Å². The number of hydrogen-bond acceptors (Lipinski definition) is 4. The molecule has 0 aliphatic carbocycles. The number of rotatable bonds is 5. The second kappa shape index (κ2) is 8.21. The Kier molecular flexibility index (Phi) is 5.76. The second-order valence-corrected chi connectivity index (χ2v) is 7.00. The molecule has 0 bridgehead atoms. The van der Waals surface area contributed by atoms with E-state index in [2.05, 4.69) is 60.2 Å². The van der Waals surface area contributed by atoms with Crippen molar-refractivity contribution >= 4 is 17.4 Å². The van der Waals surface area contributed by atoms with Gasteiger partial charge in [0.05, 0.1) is 0 Å². The van der Waals surface area contributed by atoms with E-state index >= 15 is 0 Å². The lowest BCUT2D eigenvalue weighted by molar-refractivity contribution is 0.0746. The third-order valence-electron chi connectivity index (χ3n) is 4.95. The SMILES string of the molecule is CCC(C)Nc1cc(C(=O)N2CCN(c3cccc(C)c3)CC2)ccn1. The van der Waals surface area contributed by atoms with Crippen LogP contribution in [0.15, 0.2) is 42.6 Å². The van der Waals surface area contributed by atoms with Crippen molar-refractivity contribution in [2.24, 2.45) is 0 Å². The van der Waals surface area contributed by atoms with Gasteiger partial charge < -0.3 is 15.1 Å². The van der Waals surface area contributed by atoms with Crippen molar-refractivity contribution in [3.63, 3.8) is 0 Å². The van der Waals surface area contributed by atoms with Crippen LogP contribution >= 0.6 is 0 Å². The number of carbonyl (C=O) groups is 1. The first-order valence-corrected chi connectivity index (χ1v) is 9.40. The number of amides is 1. The van der Waals surface area contributed by atoms with Crippen LogP contribution in [0, 0.1) is 6.92 Å². The normalized spacial score (nSPS) is 15.7. The molecule has 2 heterocycles. The summed E-state index contributed by atoms with van der Waals surface area (Å²) in [6, 6.07) is 12.5. The molecule has 1 amide bonds. The summed E-state index contributed by atoms with van der Waals surface area (Å²) in [4.78, 5) is 21.5. The Balaban J connectivity index is 1.62. The molecule has 26 heavy (non-hydrogen) atoms. The molecule has 138 valence electrons. The highest BCUT2D eigenvalue weighted by Gasteiger charge is 2.22. The van der Waals surface area contributed by atoms with Crippen LogP contribution in [0.25, 0.3) is 0 Å². The largest absolute Gasteiger partial charge is 0.368 e. The number of nitrogens with one attached hydrogen (secondary N) is 1. The van der Waals surface area contributed by atoms with Crippen LogP contribution in [0.2, 0.25) is 0 Å². The Morgan fingerprint density at radius 2 is 1.96 bits per heavy atom. The van der Waals surface area contributed by atoms with Crippen LogP contribution in [0.1, 0.15) is 36.2 Å². The van der Waals surface area contributed by atoms with Gasteiger partial charge in [-0.2, -0.15) is 0 Å². The minimum atomic E-state index is 0.0866. The van der Waals surface area contributed by atoms with E-state index in [1.165, 1.54) is 11.3 Å². The zero-order valence-electron chi connectivity index (χ0n) is 15.9. The maximum atomic E-state index is 12.9. The maximum absolute atomic E-state index is 12.9. The molecule has 1 aliphatic rings. The average molecular weight is 352 g/mol. The topological polar surface area (TPSA) is 48.5 Å². The van der Waals surface area contributed by atoms with Gasteiger partial charge >= 0.3 is 0 Å². The van der Waals surface area contributed by atoms with E-state index in [0.717, 1.165) is 38.4 Å². The van der Waals surface area contributed by atoms with E-state index in [1.54, 1.807) is 12.3 Å². The summed E-state index contributed by atoms with van der Waals surface area (Å²) in [6.07, 6.45) is 2.72. The number of aromatic nitrogens is 1. The Morgan fingerprint density at radius 3 is 2.65 bits per heavy atom. The van der Waals surface area contributed by atoms with Gasteiger partial charge in [-0.3, -0.25) is 4.79 Å². The van der Waals surface area contributed by atoms with Crippen molar-refractivity contribution in [1.82, 2.24) is 9.88 Å². The molecule has 1 unspecified atom stereocenters. The molecule has 3 rings (SSSR count). The number of piperazine rings is 1. The molecular formula is C21H28N4O. The Bertz CT molecular complexity index is 753. The van der Waals surface area contributed by atoms with E-state index < -0.39 is 0 Å². The van der Waals surface area contributed by atoms with Crippen molar-refractivity contribution in [3.8, 4) is 0 Å². The molecule has 2 aromatic rings. The summed E-state index contributed by atoms with van der Waals surface area (Å²) in [5.74, 6) is 0.854. The van der Waals surface area contributed by atoms with Gasteiger partial charge in [0.25, 0.3) is 5.91 Å². The number of pyridine rings is 1. The number of carbonyl (C=O) groups excluding carboxylic acids is 1. The first kappa shape index (κ1) is 18.2. The van der Waals surface area contributed by atoms with Crippen LogP contribution in [-0.2, 0) is 0 Å². The van der Waals surface area contributed by atoms with E-state index in [-0.39, 0.29) is 5.91 Å². The van der Waals surface area contributed by atoms with Gasteiger partial charge in [0.2, 0.25) is 0 Å². The van der Waals surface area contributed by atoms with Gasteiger partial charge in [-0.05, 0) is 50.1 Å². The van der Waals surface area contributed by atoms with Crippen molar-refractivity contribution in [3.05, 3.63) is 53.7 Å². The van der Waals surface area contributed by atoms with Gasteiger partial charge in [-0.15, -0.1) is 0 Å². The summed E-state index contributed by atoms with van der Waals surface area (Å²) in [7, 11) is 0. The fourth-order valence-electron chi connectivity index (χ4n) is 3.17. The van der Waals surface area contributed by atoms with E-state index in [0.29, 0.717) is 11.6 Å². The molecule has 1 atom stereocenters. The van der Waals surface area contributed by atoms with Crippen molar-refractivity contribution in [2.75, 3.05) is 36.4 Å². The monoisotopic (exact) mass is 352 g/mol. The molecule has 1 aliphatic heterocycles. The molecule has 0 radical (unpaired) electrons. The van der Waals surface area contributed by atoms with E-state index in [4.69, 9.17) is 0 Å². The Hall–Kier alpha value is -2.56. The van der Waals surface area contributed by atoms with Crippen molar-refractivity contribution < 1.29 is 4.79 Å². The van der Waals surface area contributed by atoms with Crippen LogP contribution in [0.5, 0.6) is 0 Å². The van der Waals surface area contributed by atoms with Crippen molar-refractivity contribution in [1.29, 1.82) is 0 Å². The highest BCUT2D eigenvalue weighted by atomic mass is 16.2. The quantitative estimate of drug-likeness (QED) is 0.894. The average Bonchev–Trinajstić information content (AvgIpc) is 2.67. The number of anilines is 2. The van der Waals surface area contributed by atoms with Crippen LogP contribution in [0.4, 0.5) is 11.5 Å². The number of benzene rings is 1. The summed E-state index contributed by atoms with van der Waals surface area (Å²) in [5, 5.41) is 3.33. The minimum Gasteiger partial charge on any atom is -0.368 e. The molecule has 0 spiro atoms. The van der Waals surface area contributed by atoms with Crippen LogP contribution < -0.4 is 10.2 Å². The second-order valence-electron chi connectivity index (χ2n) is 7.00. The molecular weight excluding hydrogens is 324 g/mol. The molecule has 1 N–H and O–H groups in total. The number of nitrogens with zero attached hydrogens (tertiary/aromatic N) is 3. The fraction of sp³-hybridized carbons (Fsp3) is 0.429. The lowest BCUT2D eigenvalue weighted by Gasteiger charge is -2.36. The molecule has 1 aromatic heterocycles. The zero-order chi connectivity index (χ0) is 18.5. The van der Waals surface area contributed by atoms with Gasteiger partial charge in [0.15, 0.2) is 0 Å². The molecule has 1 saturated heterocycles. The van der Waals surface area contributed by atoms with Gasteiger partial charge in [-0.25, -0.2) is 4.98 Å². The third-order valence-corrected chi connectivity index (χ3v) is 4.95. The van der Waals surface area contributed by atoms with Crippen LogP contribution in [0.3, 0.4) is 0 Å². The minimum absolute atomic E-state index is 0.0866. The highest BCUT2D eigenvalue weighted by Crippen LogP contribution is 2.19. The van der Waals surface area contributed by atoms with Gasteiger partial charge in [0.1, 0.15) is 5.82 Å². The third kappa shape index (κ3) is 4.34. The van der Waals surface area contributed by atoms with E-state index in [1.807, 2.05) is 11.0 Å². The molecule has 1 aromatic carbocycles. The molecule has 5 nitrogen and oxygen atoms in total. The fourth-order valence-corrected chi connectivity index (χ4v) is 3.17. The number of aryl methyl sites for hydroxylation is 1. The Labute approximate surface area is 156 Å². The molecule has 5 heteroatoms. The van der Waals surface area contributed by atoms with Gasteiger partial charge in [-0.1, -0.05) is 19.1 Å². The van der Waals surface area contributed by atoms with Gasteiger partial charge in [0, 0.05) is 49.7 Å². The Morgan fingerprint density at radius 1 is 1.19 bits per heavy atom. The summed E-state index contributed by atoms with van der Waals surface area (Å²) >= 11 is 0.